The summed E-state index contributed by atoms with van der Waals surface area (Å²) in [7, 11) is 0. The van der Waals surface area contributed by atoms with Gasteiger partial charge in [-0.2, -0.15) is 0 Å². The van der Waals surface area contributed by atoms with Crippen molar-refractivity contribution in [3.8, 4) is 5.75 Å². The van der Waals surface area contributed by atoms with Crippen LogP contribution < -0.4 is 0 Å². The first kappa shape index (κ1) is 17.8. The Morgan fingerprint density at radius 1 is 0.920 bits per heavy atom. The van der Waals surface area contributed by atoms with Gasteiger partial charge in [0.25, 0.3) is 0 Å². The second-order valence-electron chi connectivity index (χ2n) is 5.66. The number of phenolic OH excluding ortho intramolecular Hbond substituents is 1. The Balaban J connectivity index is 1.86. The molecule has 25 heavy (non-hydrogen) atoms. The molecule has 0 fully saturated rings. The normalized spacial score (nSPS) is 11.9. The van der Waals surface area contributed by atoms with Crippen LogP contribution in [0.3, 0.4) is 0 Å². The Hall–Kier alpha value is -2.04. The minimum atomic E-state index is -0.229. The molecule has 0 aromatic heterocycles. The number of rotatable bonds is 6. The lowest BCUT2D eigenvalue weighted by Gasteiger charge is -2.16. The first-order chi connectivity index (χ1) is 12.1. The number of Topliss-reactive ketones (excluding diaryl/α,β-unsaturated/α-hetero) is 1. The van der Waals surface area contributed by atoms with Gasteiger partial charge in [-0.15, -0.1) is 11.8 Å². The Kier molecular flexibility index (Phi) is 5.95. The molecule has 0 saturated heterocycles. The van der Waals surface area contributed by atoms with Crippen LogP contribution in [0.25, 0.3) is 0 Å². The molecule has 0 radical (unpaired) electrons. The highest BCUT2D eigenvalue weighted by Crippen LogP contribution is 2.29. The summed E-state index contributed by atoms with van der Waals surface area (Å²) in [6, 6.07) is 24.5. The van der Waals surface area contributed by atoms with E-state index in [1.54, 1.807) is 36.0 Å². The van der Waals surface area contributed by atoms with Crippen molar-refractivity contribution in [3.63, 3.8) is 0 Å². The molecule has 0 amide bonds. The second kappa shape index (κ2) is 8.37. The molecule has 1 atom stereocenters. The van der Waals surface area contributed by atoms with E-state index in [4.69, 9.17) is 0 Å². The molecular formula is C21H17BrO2S. The van der Waals surface area contributed by atoms with Gasteiger partial charge in [0, 0.05) is 14.9 Å². The predicted octanol–water partition coefficient (Wildman–Crippen LogP) is 5.74. The summed E-state index contributed by atoms with van der Waals surface area (Å²) < 4.78 is 1.02. The lowest BCUT2D eigenvalue weighted by atomic mass is 10.0. The smallest absolute Gasteiger partial charge is 0.176 e. The van der Waals surface area contributed by atoms with Crippen molar-refractivity contribution in [2.24, 2.45) is 0 Å². The molecule has 3 aromatic carbocycles. The van der Waals surface area contributed by atoms with Crippen LogP contribution >= 0.6 is 27.7 Å². The lowest BCUT2D eigenvalue weighted by Crippen LogP contribution is -2.20. The van der Waals surface area contributed by atoms with Crippen molar-refractivity contribution < 1.29 is 9.90 Å². The third-order valence-electron chi connectivity index (χ3n) is 3.80. The van der Waals surface area contributed by atoms with Gasteiger partial charge in [0.2, 0.25) is 0 Å². The summed E-state index contributed by atoms with van der Waals surface area (Å²) in [5.41, 5.74) is 1.73. The molecule has 0 bridgehead atoms. The molecule has 0 spiro atoms. The lowest BCUT2D eigenvalue weighted by molar-refractivity contribution is 0.0989. The molecule has 0 aliphatic carbocycles. The van der Waals surface area contributed by atoms with Crippen molar-refractivity contribution in [1.29, 1.82) is 0 Å². The number of phenols is 1. The van der Waals surface area contributed by atoms with Gasteiger partial charge in [-0.25, -0.2) is 0 Å². The van der Waals surface area contributed by atoms with Crippen molar-refractivity contribution in [2.45, 2.75) is 16.6 Å². The number of carbonyl (C=O) groups excluding carboxylic acids is 1. The highest BCUT2D eigenvalue weighted by Gasteiger charge is 2.22. The van der Waals surface area contributed by atoms with Gasteiger partial charge >= 0.3 is 0 Å². The summed E-state index contributed by atoms with van der Waals surface area (Å²) in [5.74, 6) is 0.230. The van der Waals surface area contributed by atoms with Crippen LogP contribution in [0.4, 0.5) is 0 Å². The molecule has 0 aliphatic heterocycles. The van der Waals surface area contributed by atoms with Gasteiger partial charge in [0.15, 0.2) is 5.78 Å². The maximum absolute atomic E-state index is 13.0. The van der Waals surface area contributed by atoms with E-state index in [2.05, 4.69) is 15.9 Å². The molecule has 0 saturated carbocycles. The zero-order chi connectivity index (χ0) is 17.6. The number of halogens is 1. The molecule has 4 heteroatoms. The van der Waals surface area contributed by atoms with Gasteiger partial charge in [-0.3, -0.25) is 4.79 Å². The fourth-order valence-electron chi connectivity index (χ4n) is 2.50. The molecular weight excluding hydrogens is 396 g/mol. The van der Waals surface area contributed by atoms with Crippen LogP contribution in [0.2, 0.25) is 0 Å². The molecule has 126 valence electrons. The van der Waals surface area contributed by atoms with Crippen LogP contribution in [-0.2, 0) is 6.42 Å². The Morgan fingerprint density at radius 2 is 1.56 bits per heavy atom. The zero-order valence-electron chi connectivity index (χ0n) is 13.4. The van der Waals surface area contributed by atoms with Gasteiger partial charge in [0.1, 0.15) is 5.75 Å². The largest absolute Gasteiger partial charge is 0.508 e. The van der Waals surface area contributed by atoms with Crippen LogP contribution in [0, 0.1) is 0 Å². The zero-order valence-corrected chi connectivity index (χ0v) is 15.8. The molecule has 1 N–H and O–H groups in total. The minimum Gasteiger partial charge on any atom is -0.508 e. The fraction of sp³-hybridized carbons (Fsp3) is 0.0952. The summed E-state index contributed by atoms with van der Waals surface area (Å²) >= 11 is 5.01. The third-order valence-corrected chi connectivity index (χ3v) is 5.54. The fourth-order valence-corrected chi connectivity index (χ4v) is 3.92. The van der Waals surface area contributed by atoms with Crippen LogP contribution in [0.5, 0.6) is 5.75 Å². The highest BCUT2D eigenvalue weighted by molar-refractivity contribution is 9.10. The van der Waals surface area contributed by atoms with Gasteiger partial charge in [-0.1, -0.05) is 46.3 Å². The molecule has 0 heterocycles. The summed E-state index contributed by atoms with van der Waals surface area (Å²) in [5, 5.41) is 9.22. The van der Waals surface area contributed by atoms with Gasteiger partial charge in [-0.05, 0) is 60.5 Å². The predicted molar refractivity (Wildman–Crippen MR) is 106 cm³/mol. The van der Waals surface area contributed by atoms with Crippen LogP contribution in [0.1, 0.15) is 15.9 Å². The first-order valence-corrected chi connectivity index (χ1v) is 9.58. The van der Waals surface area contributed by atoms with Crippen molar-refractivity contribution >= 4 is 33.5 Å². The summed E-state index contributed by atoms with van der Waals surface area (Å²) in [6.07, 6.45) is 0.645. The van der Waals surface area contributed by atoms with E-state index in [-0.39, 0.29) is 16.8 Å². The van der Waals surface area contributed by atoms with Crippen LogP contribution in [0.15, 0.2) is 88.2 Å². The van der Waals surface area contributed by atoms with Crippen molar-refractivity contribution in [1.82, 2.24) is 0 Å². The van der Waals surface area contributed by atoms with Gasteiger partial charge in [0.05, 0.1) is 5.25 Å². The number of carbonyl (C=O) groups is 1. The number of benzene rings is 3. The second-order valence-corrected chi connectivity index (χ2v) is 7.85. The average molecular weight is 413 g/mol. The number of thioether (sulfide) groups is 1. The number of hydrogen-bond acceptors (Lipinski definition) is 3. The first-order valence-electron chi connectivity index (χ1n) is 7.91. The average Bonchev–Trinajstić information content (AvgIpc) is 2.64. The summed E-state index contributed by atoms with van der Waals surface area (Å²) in [6.45, 7) is 0. The van der Waals surface area contributed by atoms with Gasteiger partial charge < -0.3 is 5.11 Å². The summed E-state index contributed by atoms with van der Waals surface area (Å²) in [4.78, 5) is 14.1. The van der Waals surface area contributed by atoms with E-state index in [9.17, 15) is 9.90 Å². The van der Waals surface area contributed by atoms with E-state index in [1.165, 1.54) is 0 Å². The van der Waals surface area contributed by atoms with Crippen molar-refractivity contribution in [2.75, 3.05) is 0 Å². The minimum absolute atomic E-state index is 0.0665. The number of ketones is 1. The van der Waals surface area contributed by atoms with E-state index >= 15 is 0 Å². The number of aromatic hydroxyl groups is 1. The van der Waals surface area contributed by atoms with E-state index < -0.39 is 0 Å². The topological polar surface area (TPSA) is 37.3 Å². The quantitative estimate of drug-likeness (QED) is 0.414. The molecule has 3 aromatic rings. The standard InChI is InChI=1S/C21H17BrO2S/c22-17-10-6-15(7-11-17)14-20(25-19-4-2-1-3-5-19)21(24)16-8-12-18(23)13-9-16/h1-13,20,23H,14H2. The maximum Gasteiger partial charge on any atom is 0.176 e. The molecule has 3 rings (SSSR count). The Labute approximate surface area is 160 Å². The van der Waals surface area contributed by atoms with E-state index in [1.807, 2.05) is 54.6 Å². The maximum atomic E-state index is 13.0. The van der Waals surface area contributed by atoms with Crippen LogP contribution in [-0.4, -0.2) is 16.1 Å². The molecule has 0 aliphatic rings. The van der Waals surface area contributed by atoms with E-state index in [0.29, 0.717) is 12.0 Å². The van der Waals surface area contributed by atoms with Crippen molar-refractivity contribution in [3.05, 3.63) is 94.5 Å². The number of hydrogen-bond donors (Lipinski definition) is 1. The Bertz CT molecular complexity index is 830. The SMILES string of the molecule is O=C(c1ccc(O)cc1)C(Cc1ccc(Br)cc1)Sc1ccccc1. The Morgan fingerprint density at radius 3 is 2.20 bits per heavy atom. The van der Waals surface area contributed by atoms with E-state index in [0.717, 1.165) is 14.9 Å². The molecule has 1 unspecified atom stereocenters. The third kappa shape index (κ3) is 4.97. The highest BCUT2D eigenvalue weighted by atomic mass is 79.9. The molecule has 2 nitrogen and oxygen atoms in total. The monoisotopic (exact) mass is 412 g/mol.